The predicted molar refractivity (Wildman–Crippen MR) is 105 cm³/mol. The smallest absolute Gasteiger partial charge is 0.227 e. The molecule has 0 saturated carbocycles. The van der Waals surface area contributed by atoms with Crippen molar-refractivity contribution >= 4 is 5.91 Å². The Labute approximate surface area is 160 Å². The second-order valence-electron chi connectivity index (χ2n) is 7.27. The number of pyridine rings is 1. The quantitative estimate of drug-likeness (QED) is 0.788. The number of nitrogens with one attached hydrogen (secondary N) is 1. The van der Waals surface area contributed by atoms with Crippen LogP contribution in [0.1, 0.15) is 31.7 Å². The second kappa shape index (κ2) is 9.11. The molecule has 2 aromatic rings. The van der Waals surface area contributed by atoms with Gasteiger partial charge in [0.05, 0.1) is 18.1 Å². The van der Waals surface area contributed by atoms with Gasteiger partial charge in [-0.3, -0.25) is 9.78 Å². The largest absolute Gasteiger partial charge is 0.394 e. The summed E-state index contributed by atoms with van der Waals surface area (Å²) in [5.74, 6) is 0.0306. The highest BCUT2D eigenvalue weighted by Crippen LogP contribution is 2.35. The summed E-state index contributed by atoms with van der Waals surface area (Å²) in [6.07, 6.45) is 6.41. The summed E-state index contributed by atoms with van der Waals surface area (Å²) >= 11 is 0. The first kappa shape index (κ1) is 19.5. The second-order valence-corrected chi connectivity index (χ2v) is 7.27. The van der Waals surface area contributed by atoms with Crippen LogP contribution in [0.5, 0.6) is 0 Å². The number of hydrogen-bond donors (Lipinski definition) is 2. The first-order valence-corrected chi connectivity index (χ1v) is 9.66. The average Bonchev–Trinajstić information content (AvgIpc) is 2.73. The zero-order valence-electron chi connectivity index (χ0n) is 15.9. The Bertz CT molecular complexity index is 721. The molecule has 1 aromatic heterocycles. The molecule has 3 rings (SSSR count). The third-order valence-corrected chi connectivity index (χ3v) is 5.47. The molecular formula is C22H28N2O3. The van der Waals surface area contributed by atoms with Crippen LogP contribution < -0.4 is 5.32 Å². The zero-order chi connectivity index (χ0) is 19.1. The molecule has 1 aliphatic rings. The monoisotopic (exact) mass is 368 g/mol. The standard InChI is InChI=1S/C22H28N2O3/c1-2-20(16-25)24-21(26)22(9-12-27-13-10-22)14-17-5-7-18(8-6-17)19-4-3-11-23-15-19/h3-8,11,15,20,25H,2,9-10,12-14,16H2,1H3,(H,24,26)/t20-/m1/s1. The lowest BCUT2D eigenvalue weighted by atomic mass is 9.74. The molecule has 5 heteroatoms. The van der Waals surface area contributed by atoms with Gasteiger partial charge in [0.1, 0.15) is 0 Å². The summed E-state index contributed by atoms with van der Waals surface area (Å²) < 4.78 is 5.51. The van der Waals surface area contributed by atoms with E-state index in [0.717, 1.165) is 16.7 Å². The van der Waals surface area contributed by atoms with E-state index in [0.29, 0.717) is 38.9 Å². The van der Waals surface area contributed by atoms with Gasteiger partial charge >= 0.3 is 0 Å². The molecule has 1 amide bonds. The molecule has 27 heavy (non-hydrogen) atoms. The van der Waals surface area contributed by atoms with Crippen molar-refractivity contribution in [3.05, 3.63) is 54.4 Å². The van der Waals surface area contributed by atoms with Gasteiger partial charge in [-0.15, -0.1) is 0 Å². The number of amides is 1. The van der Waals surface area contributed by atoms with Crippen LogP contribution >= 0.6 is 0 Å². The minimum Gasteiger partial charge on any atom is -0.394 e. The lowest BCUT2D eigenvalue weighted by molar-refractivity contribution is -0.137. The molecule has 1 atom stereocenters. The highest BCUT2D eigenvalue weighted by molar-refractivity contribution is 5.83. The highest BCUT2D eigenvalue weighted by atomic mass is 16.5. The van der Waals surface area contributed by atoms with Crippen LogP contribution in [0.2, 0.25) is 0 Å². The van der Waals surface area contributed by atoms with Crippen LogP contribution in [0.3, 0.4) is 0 Å². The van der Waals surface area contributed by atoms with Crippen molar-refractivity contribution in [2.24, 2.45) is 5.41 Å². The predicted octanol–water partition coefficient (Wildman–Crippen LogP) is 2.98. The van der Waals surface area contributed by atoms with Gasteiger partial charge in [0.25, 0.3) is 0 Å². The summed E-state index contributed by atoms with van der Waals surface area (Å²) in [4.78, 5) is 17.2. The van der Waals surface area contributed by atoms with Crippen LogP contribution in [-0.4, -0.2) is 41.9 Å². The Hall–Kier alpha value is -2.24. The fraction of sp³-hybridized carbons (Fsp3) is 0.455. The van der Waals surface area contributed by atoms with Crippen molar-refractivity contribution in [2.75, 3.05) is 19.8 Å². The SMILES string of the molecule is CC[C@H](CO)NC(=O)C1(Cc2ccc(-c3cccnc3)cc2)CCOCC1. The van der Waals surface area contributed by atoms with E-state index in [2.05, 4.69) is 34.6 Å². The minimum atomic E-state index is -0.476. The first-order valence-electron chi connectivity index (χ1n) is 9.66. The summed E-state index contributed by atoms with van der Waals surface area (Å²) in [5, 5.41) is 12.5. The number of benzene rings is 1. The van der Waals surface area contributed by atoms with E-state index in [9.17, 15) is 9.90 Å². The minimum absolute atomic E-state index is 0.0306. The molecule has 2 N–H and O–H groups in total. The van der Waals surface area contributed by atoms with Crippen LogP contribution in [0.25, 0.3) is 11.1 Å². The molecule has 1 saturated heterocycles. The number of rotatable bonds is 7. The third kappa shape index (κ3) is 4.73. The van der Waals surface area contributed by atoms with E-state index < -0.39 is 5.41 Å². The van der Waals surface area contributed by atoms with Gasteiger partial charge in [0.15, 0.2) is 0 Å². The Balaban J connectivity index is 1.77. The average molecular weight is 368 g/mol. The lowest BCUT2D eigenvalue weighted by Gasteiger charge is -2.37. The molecule has 1 fully saturated rings. The van der Waals surface area contributed by atoms with Gasteiger partial charge in [0, 0.05) is 25.6 Å². The van der Waals surface area contributed by atoms with E-state index >= 15 is 0 Å². The highest BCUT2D eigenvalue weighted by Gasteiger charge is 2.40. The molecule has 1 aliphatic heterocycles. The Morgan fingerprint density at radius 3 is 2.56 bits per heavy atom. The van der Waals surface area contributed by atoms with E-state index in [1.54, 1.807) is 6.20 Å². The van der Waals surface area contributed by atoms with Crippen molar-refractivity contribution in [1.29, 1.82) is 0 Å². The van der Waals surface area contributed by atoms with Crippen LogP contribution in [0.4, 0.5) is 0 Å². The number of aromatic nitrogens is 1. The van der Waals surface area contributed by atoms with Crippen molar-refractivity contribution in [1.82, 2.24) is 10.3 Å². The van der Waals surface area contributed by atoms with Gasteiger partial charge in [-0.2, -0.15) is 0 Å². The first-order chi connectivity index (χ1) is 13.2. The number of ether oxygens (including phenoxy) is 1. The maximum absolute atomic E-state index is 13.1. The maximum Gasteiger partial charge on any atom is 0.227 e. The Morgan fingerprint density at radius 2 is 1.96 bits per heavy atom. The van der Waals surface area contributed by atoms with Crippen LogP contribution in [0, 0.1) is 5.41 Å². The fourth-order valence-corrected chi connectivity index (χ4v) is 3.60. The number of aliphatic hydroxyl groups is 1. The molecule has 5 nitrogen and oxygen atoms in total. The summed E-state index contributed by atoms with van der Waals surface area (Å²) in [5.41, 5.74) is 2.85. The number of aliphatic hydroxyl groups excluding tert-OH is 1. The van der Waals surface area contributed by atoms with E-state index in [4.69, 9.17) is 4.74 Å². The molecule has 0 unspecified atom stereocenters. The van der Waals surface area contributed by atoms with Crippen molar-refractivity contribution in [3.8, 4) is 11.1 Å². The third-order valence-electron chi connectivity index (χ3n) is 5.47. The van der Waals surface area contributed by atoms with Gasteiger partial charge in [-0.25, -0.2) is 0 Å². The van der Waals surface area contributed by atoms with E-state index in [1.807, 2.05) is 25.3 Å². The maximum atomic E-state index is 13.1. The van der Waals surface area contributed by atoms with Crippen LogP contribution in [-0.2, 0) is 16.0 Å². The molecular weight excluding hydrogens is 340 g/mol. The molecule has 1 aromatic carbocycles. The van der Waals surface area contributed by atoms with Gasteiger partial charge in [0.2, 0.25) is 5.91 Å². The number of carbonyl (C=O) groups excluding carboxylic acids is 1. The molecule has 0 spiro atoms. The number of carbonyl (C=O) groups is 1. The van der Waals surface area contributed by atoms with Gasteiger partial charge in [-0.05, 0) is 48.4 Å². The van der Waals surface area contributed by atoms with Crippen molar-refractivity contribution in [2.45, 2.75) is 38.6 Å². The summed E-state index contributed by atoms with van der Waals surface area (Å²) in [7, 11) is 0. The molecule has 0 radical (unpaired) electrons. The zero-order valence-corrected chi connectivity index (χ0v) is 15.9. The molecule has 144 valence electrons. The van der Waals surface area contributed by atoms with Crippen molar-refractivity contribution in [3.63, 3.8) is 0 Å². The van der Waals surface area contributed by atoms with Gasteiger partial charge in [-0.1, -0.05) is 37.3 Å². The molecule has 0 aliphatic carbocycles. The van der Waals surface area contributed by atoms with Crippen molar-refractivity contribution < 1.29 is 14.6 Å². The van der Waals surface area contributed by atoms with E-state index in [1.165, 1.54) is 0 Å². The number of hydrogen-bond acceptors (Lipinski definition) is 4. The summed E-state index contributed by atoms with van der Waals surface area (Å²) in [6.45, 7) is 3.12. The topological polar surface area (TPSA) is 71.5 Å². The fourth-order valence-electron chi connectivity index (χ4n) is 3.60. The molecule has 2 heterocycles. The van der Waals surface area contributed by atoms with E-state index in [-0.39, 0.29) is 18.6 Å². The number of nitrogens with zero attached hydrogens (tertiary/aromatic N) is 1. The summed E-state index contributed by atoms with van der Waals surface area (Å²) in [6, 6.07) is 12.1. The lowest BCUT2D eigenvalue weighted by Crippen LogP contribution is -2.50. The van der Waals surface area contributed by atoms with Crippen LogP contribution in [0.15, 0.2) is 48.8 Å². The molecule has 0 bridgehead atoms. The van der Waals surface area contributed by atoms with Gasteiger partial charge < -0.3 is 15.2 Å². The Kier molecular flexibility index (Phi) is 6.58. The Morgan fingerprint density at radius 1 is 1.22 bits per heavy atom. The normalized spacial score (nSPS) is 17.3.